The lowest BCUT2D eigenvalue weighted by atomic mass is 10.2. The Bertz CT molecular complexity index is 543. The second kappa shape index (κ2) is 5.53. The average molecular weight is 241 g/mol. The minimum Gasteiger partial charge on any atom is -0.392 e. The van der Waals surface area contributed by atoms with Gasteiger partial charge in [0.25, 0.3) is 0 Å². The molecular formula is C14H11NOS. The molecule has 3 heteroatoms. The molecule has 0 unspecified atom stereocenters. The van der Waals surface area contributed by atoms with Crippen LogP contribution in [0.3, 0.4) is 0 Å². The number of nitriles is 1. The molecule has 84 valence electrons. The fourth-order valence-corrected chi connectivity index (χ4v) is 2.39. The molecule has 2 aromatic rings. The van der Waals surface area contributed by atoms with Gasteiger partial charge in [0.05, 0.1) is 18.2 Å². The van der Waals surface area contributed by atoms with Gasteiger partial charge in [-0.3, -0.25) is 0 Å². The summed E-state index contributed by atoms with van der Waals surface area (Å²) in [7, 11) is 0. The first kappa shape index (κ1) is 11.7. The van der Waals surface area contributed by atoms with E-state index in [4.69, 9.17) is 5.26 Å². The van der Waals surface area contributed by atoms with E-state index in [2.05, 4.69) is 6.07 Å². The monoisotopic (exact) mass is 241 g/mol. The van der Waals surface area contributed by atoms with E-state index >= 15 is 0 Å². The van der Waals surface area contributed by atoms with E-state index in [0.717, 1.165) is 15.4 Å². The number of aliphatic hydroxyl groups excluding tert-OH is 1. The molecule has 1 N–H and O–H groups in total. The lowest BCUT2D eigenvalue weighted by molar-refractivity contribution is 0.279. The van der Waals surface area contributed by atoms with Gasteiger partial charge in [0.2, 0.25) is 0 Å². The van der Waals surface area contributed by atoms with Crippen LogP contribution in [-0.2, 0) is 6.61 Å². The van der Waals surface area contributed by atoms with Crippen molar-refractivity contribution in [3.63, 3.8) is 0 Å². The molecule has 0 saturated carbocycles. The quantitative estimate of drug-likeness (QED) is 0.897. The Kier molecular flexibility index (Phi) is 3.81. The van der Waals surface area contributed by atoms with Crippen LogP contribution in [0.1, 0.15) is 11.1 Å². The van der Waals surface area contributed by atoms with Crippen LogP contribution in [0, 0.1) is 11.3 Å². The Balaban J connectivity index is 2.22. The van der Waals surface area contributed by atoms with Gasteiger partial charge in [-0.15, -0.1) is 0 Å². The summed E-state index contributed by atoms with van der Waals surface area (Å²) in [5.41, 5.74) is 1.58. The highest BCUT2D eigenvalue weighted by Crippen LogP contribution is 2.30. The van der Waals surface area contributed by atoms with Gasteiger partial charge in [0.15, 0.2) is 0 Å². The number of rotatable bonds is 3. The van der Waals surface area contributed by atoms with Gasteiger partial charge in [-0.25, -0.2) is 0 Å². The molecule has 0 aliphatic carbocycles. The second-order valence-electron chi connectivity index (χ2n) is 3.50. The van der Waals surface area contributed by atoms with Crippen molar-refractivity contribution in [2.75, 3.05) is 0 Å². The predicted molar refractivity (Wildman–Crippen MR) is 67.6 cm³/mol. The van der Waals surface area contributed by atoms with Crippen molar-refractivity contribution in [3.8, 4) is 6.07 Å². The van der Waals surface area contributed by atoms with Gasteiger partial charge in [-0.2, -0.15) is 5.26 Å². The molecule has 0 aliphatic heterocycles. The molecule has 0 atom stereocenters. The number of hydrogen-bond donors (Lipinski definition) is 1. The van der Waals surface area contributed by atoms with Gasteiger partial charge in [0, 0.05) is 9.79 Å². The molecule has 0 fully saturated rings. The summed E-state index contributed by atoms with van der Waals surface area (Å²) in [5.74, 6) is 0. The molecule has 0 amide bonds. The van der Waals surface area contributed by atoms with Crippen molar-refractivity contribution in [2.45, 2.75) is 16.4 Å². The Labute approximate surface area is 105 Å². The fourth-order valence-electron chi connectivity index (χ4n) is 1.46. The highest BCUT2D eigenvalue weighted by molar-refractivity contribution is 7.99. The van der Waals surface area contributed by atoms with E-state index in [0.29, 0.717) is 5.56 Å². The van der Waals surface area contributed by atoms with E-state index in [1.807, 2.05) is 36.4 Å². The summed E-state index contributed by atoms with van der Waals surface area (Å²) in [6.07, 6.45) is 0. The summed E-state index contributed by atoms with van der Waals surface area (Å²) >= 11 is 1.59. The van der Waals surface area contributed by atoms with Crippen molar-refractivity contribution in [2.24, 2.45) is 0 Å². The zero-order valence-electron chi connectivity index (χ0n) is 9.13. The summed E-state index contributed by atoms with van der Waals surface area (Å²) < 4.78 is 0. The fraction of sp³-hybridized carbons (Fsp3) is 0.0714. The number of hydrogen-bond acceptors (Lipinski definition) is 3. The standard InChI is InChI=1S/C14H11NOS/c15-9-11-5-7-13(8-6-11)17-14-4-2-1-3-12(14)10-16/h1-8,16H,10H2. The van der Waals surface area contributed by atoms with Gasteiger partial charge in [-0.1, -0.05) is 30.0 Å². The van der Waals surface area contributed by atoms with E-state index in [1.165, 1.54) is 0 Å². The minimum absolute atomic E-state index is 0.0411. The Morgan fingerprint density at radius 2 is 1.76 bits per heavy atom. The summed E-state index contributed by atoms with van der Waals surface area (Å²) in [6, 6.07) is 17.3. The van der Waals surface area contributed by atoms with Crippen molar-refractivity contribution >= 4 is 11.8 Å². The zero-order valence-corrected chi connectivity index (χ0v) is 9.95. The first-order valence-electron chi connectivity index (χ1n) is 5.20. The topological polar surface area (TPSA) is 44.0 Å². The third-order valence-corrected chi connectivity index (χ3v) is 3.48. The molecule has 2 nitrogen and oxygen atoms in total. The van der Waals surface area contributed by atoms with Crippen LogP contribution >= 0.6 is 11.8 Å². The van der Waals surface area contributed by atoms with Crippen molar-refractivity contribution in [1.82, 2.24) is 0 Å². The molecule has 0 heterocycles. The largest absolute Gasteiger partial charge is 0.392 e. The van der Waals surface area contributed by atoms with Crippen LogP contribution < -0.4 is 0 Å². The molecule has 0 aromatic heterocycles. The van der Waals surface area contributed by atoms with Crippen LogP contribution in [0.4, 0.5) is 0 Å². The minimum atomic E-state index is 0.0411. The highest BCUT2D eigenvalue weighted by atomic mass is 32.2. The summed E-state index contributed by atoms with van der Waals surface area (Å²) in [5, 5.41) is 17.9. The number of benzene rings is 2. The zero-order chi connectivity index (χ0) is 12.1. The first-order valence-corrected chi connectivity index (χ1v) is 6.02. The van der Waals surface area contributed by atoms with E-state index in [9.17, 15) is 5.11 Å². The average Bonchev–Trinajstić information content (AvgIpc) is 2.40. The number of aliphatic hydroxyl groups is 1. The van der Waals surface area contributed by atoms with E-state index < -0.39 is 0 Å². The molecule has 0 aliphatic rings. The number of nitrogens with zero attached hydrogens (tertiary/aromatic N) is 1. The molecule has 0 bridgehead atoms. The molecular weight excluding hydrogens is 230 g/mol. The summed E-state index contributed by atoms with van der Waals surface area (Å²) in [6.45, 7) is 0.0411. The van der Waals surface area contributed by atoms with Crippen LogP contribution in [0.25, 0.3) is 0 Å². The van der Waals surface area contributed by atoms with E-state index in [1.54, 1.807) is 23.9 Å². The molecule has 0 radical (unpaired) electrons. The summed E-state index contributed by atoms with van der Waals surface area (Å²) in [4.78, 5) is 2.10. The second-order valence-corrected chi connectivity index (χ2v) is 4.62. The van der Waals surface area contributed by atoms with Gasteiger partial charge in [0.1, 0.15) is 0 Å². The van der Waals surface area contributed by atoms with Gasteiger partial charge >= 0.3 is 0 Å². The highest BCUT2D eigenvalue weighted by Gasteiger charge is 2.02. The van der Waals surface area contributed by atoms with E-state index in [-0.39, 0.29) is 6.61 Å². The first-order chi connectivity index (χ1) is 8.33. The third kappa shape index (κ3) is 2.88. The molecule has 2 aromatic carbocycles. The lowest BCUT2D eigenvalue weighted by Gasteiger charge is -2.06. The maximum absolute atomic E-state index is 9.22. The Morgan fingerprint density at radius 3 is 2.41 bits per heavy atom. The van der Waals surface area contributed by atoms with Crippen LogP contribution in [0.15, 0.2) is 58.3 Å². The van der Waals surface area contributed by atoms with Gasteiger partial charge < -0.3 is 5.11 Å². The normalized spacial score (nSPS) is 9.88. The van der Waals surface area contributed by atoms with Crippen LogP contribution in [-0.4, -0.2) is 5.11 Å². The molecule has 2 rings (SSSR count). The van der Waals surface area contributed by atoms with Crippen molar-refractivity contribution < 1.29 is 5.11 Å². The van der Waals surface area contributed by atoms with Crippen molar-refractivity contribution in [1.29, 1.82) is 5.26 Å². The molecule has 0 saturated heterocycles. The molecule has 0 spiro atoms. The molecule has 17 heavy (non-hydrogen) atoms. The smallest absolute Gasteiger partial charge is 0.0991 e. The lowest BCUT2D eigenvalue weighted by Crippen LogP contribution is -1.86. The predicted octanol–water partition coefficient (Wildman–Crippen LogP) is 3.20. The van der Waals surface area contributed by atoms with Gasteiger partial charge in [-0.05, 0) is 35.9 Å². The Hall–Kier alpha value is -1.76. The SMILES string of the molecule is N#Cc1ccc(Sc2ccccc2CO)cc1. The van der Waals surface area contributed by atoms with Crippen molar-refractivity contribution in [3.05, 3.63) is 59.7 Å². The third-order valence-electron chi connectivity index (χ3n) is 2.35. The maximum Gasteiger partial charge on any atom is 0.0991 e. The maximum atomic E-state index is 9.22. The van der Waals surface area contributed by atoms with Crippen LogP contribution in [0.5, 0.6) is 0 Å². The van der Waals surface area contributed by atoms with Crippen LogP contribution in [0.2, 0.25) is 0 Å². The Morgan fingerprint density at radius 1 is 1.06 bits per heavy atom.